The van der Waals surface area contributed by atoms with Gasteiger partial charge in [0.25, 0.3) is 0 Å². The Morgan fingerprint density at radius 1 is 0.667 bits per heavy atom. The zero-order chi connectivity index (χ0) is 18.5. The summed E-state index contributed by atoms with van der Waals surface area (Å²) < 4.78 is 0. The molecule has 4 aromatic rings. The highest BCUT2D eigenvalue weighted by molar-refractivity contribution is 5.74. The zero-order valence-electron chi connectivity index (χ0n) is 14.6. The fourth-order valence-corrected chi connectivity index (χ4v) is 2.88. The van der Waals surface area contributed by atoms with Crippen LogP contribution in [0.2, 0.25) is 0 Å². The Morgan fingerprint density at radius 2 is 1.26 bits per heavy atom. The molecule has 0 aliphatic heterocycles. The normalized spacial score (nSPS) is 10.7. The predicted molar refractivity (Wildman–Crippen MR) is 105 cm³/mol. The third kappa shape index (κ3) is 3.89. The lowest BCUT2D eigenvalue weighted by Crippen LogP contribution is -1.98. The first-order chi connectivity index (χ1) is 13.3. The van der Waals surface area contributed by atoms with Crippen molar-refractivity contribution in [2.24, 2.45) is 5.90 Å². The zero-order valence-corrected chi connectivity index (χ0v) is 14.6. The van der Waals surface area contributed by atoms with Crippen LogP contribution in [0.25, 0.3) is 33.9 Å². The topological polar surface area (TPSA) is 73.9 Å². The summed E-state index contributed by atoms with van der Waals surface area (Å²) in [5, 5.41) is 0. The number of pyridine rings is 3. The van der Waals surface area contributed by atoms with E-state index < -0.39 is 0 Å². The molecule has 0 unspecified atom stereocenters. The highest BCUT2D eigenvalue weighted by Gasteiger charge is 2.10. The van der Waals surface area contributed by atoms with E-state index in [4.69, 9.17) is 15.7 Å². The number of benzene rings is 1. The van der Waals surface area contributed by atoms with Gasteiger partial charge in [-0.05, 0) is 53.1 Å². The molecule has 5 nitrogen and oxygen atoms in total. The van der Waals surface area contributed by atoms with Gasteiger partial charge >= 0.3 is 0 Å². The molecule has 0 bridgehead atoms. The third-order valence-corrected chi connectivity index (χ3v) is 4.22. The molecule has 5 heteroatoms. The van der Waals surface area contributed by atoms with Crippen molar-refractivity contribution in [2.75, 3.05) is 0 Å². The van der Waals surface area contributed by atoms with Crippen LogP contribution in [0.15, 0.2) is 85.2 Å². The Balaban J connectivity index is 1.83. The van der Waals surface area contributed by atoms with Gasteiger partial charge in [-0.15, -0.1) is 0 Å². The Bertz CT molecular complexity index is 961. The van der Waals surface area contributed by atoms with Crippen LogP contribution in [0.5, 0.6) is 0 Å². The SMILES string of the molecule is NOCc1ccc(-c2cc(-c3ccccn3)nc(-c3ccccn3)c2)cc1. The van der Waals surface area contributed by atoms with Crippen LogP contribution in [0.4, 0.5) is 0 Å². The van der Waals surface area contributed by atoms with E-state index in [1.54, 1.807) is 12.4 Å². The van der Waals surface area contributed by atoms with Crippen LogP contribution in [-0.2, 0) is 11.4 Å². The van der Waals surface area contributed by atoms with Gasteiger partial charge in [-0.1, -0.05) is 36.4 Å². The highest BCUT2D eigenvalue weighted by atomic mass is 16.6. The third-order valence-electron chi connectivity index (χ3n) is 4.22. The fraction of sp³-hybridized carbons (Fsp3) is 0.0455. The maximum atomic E-state index is 5.16. The Morgan fingerprint density at radius 3 is 1.74 bits per heavy atom. The second kappa shape index (κ2) is 7.86. The van der Waals surface area contributed by atoms with Gasteiger partial charge in [0, 0.05) is 12.4 Å². The van der Waals surface area contributed by atoms with E-state index in [0.29, 0.717) is 6.61 Å². The smallest absolute Gasteiger partial charge is 0.0930 e. The number of hydrogen-bond donors (Lipinski definition) is 1. The van der Waals surface area contributed by atoms with Gasteiger partial charge in [-0.25, -0.2) is 10.9 Å². The first-order valence-electron chi connectivity index (χ1n) is 8.59. The van der Waals surface area contributed by atoms with Crippen molar-refractivity contribution in [3.05, 3.63) is 90.8 Å². The summed E-state index contributed by atoms with van der Waals surface area (Å²) in [5.74, 6) is 5.16. The van der Waals surface area contributed by atoms with Crippen LogP contribution in [0.1, 0.15) is 5.56 Å². The molecule has 0 aliphatic rings. The Hall–Kier alpha value is -3.41. The van der Waals surface area contributed by atoms with Crippen molar-refractivity contribution in [3.8, 4) is 33.9 Å². The lowest BCUT2D eigenvalue weighted by molar-refractivity contribution is 0.124. The summed E-state index contributed by atoms with van der Waals surface area (Å²) in [6.45, 7) is 0.384. The predicted octanol–water partition coefficient (Wildman–Crippen LogP) is 4.26. The minimum absolute atomic E-state index is 0.384. The standard InChI is InChI=1S/C22H18N4O/c23-27-15-16-7-9-17(10-8-16)18-13-21(19-5-1-3-11-24-19)26-22(14-18)20-6-2-4-12-25-20/h1-14H,15,23H2. The highest BCUT2D eigenvalue weighted by Crippen LogP contribution is 2.29. The van der Waals surface area contributed by atoms with Crippen molar-refractivity contribution < 1.29 is 4.84 Å². The molecule has 132 valence electrons. The van der Waals surface area contributed by atoms with Crippen LogP contribution >= 0.6 is 0 Å². The molecule has 4 rings (SSSR count). The first-order valence-corrected chi connectivity index (χ1v) is 8.59. The molecule has 0 saturated carbocycles. The van der Waals surface area contributed by atoms with E-state index in [1.807, 2.05) is 72.8 Å². The summed E-state index contributed by atoms with van der Waals surface area (Å²) in [4.78, 5) is 18.4. The minimum Gasteiger partial charge on any atom is -0.300 e. The first kappa shape index (κ1) is 17.0. The average Bonchev–Trinajstić information content (AvgIpc) is 2.75. The summed E-state index contributed by atoms with van der Waals surface area (Å²) in [7, 11) is 0. The molecule has 0 spiro atoms. The molecule has 0 fully saturated rings. The number of aromatic nitrogens is 3. The summed E-state index contributed by atoms with van der Waals surface area (Å²) in [6.07, 6.45) is 3.54. The molecule has 0 amide bonds. The maximum Gasteiger partial charge on any atom is 0.0930 e. The monoisotopic (exact) mass is 354 g/mol. The van der Waals surface area contributed by atoms with Gasteiger partial charge in [-0.3, -0.25) is 14.8 Å². The average molecular weight is 354 g/mol. The van der Waals surface area contributed by atoms with Crippen LogP contribution in [-0.4, -0.2) is 15.0 Å². The van der Waals surface area contributed by atoms with E-state index in [1.165, 1.54) is 0 Å². The quantitative estimate of drug-likeness (QED) is 0.542. The molecule has 0 radical (unpaired) electrons. The van der Waals surface area contributed by atoms with Crippen LogP contribution < -0.4 is 5.90 Å². The largest absolute Gasteiger partial charge is 0.300 e. The van der Waals surface area contributed by atoms with Gasteiger partial charge in [-0.2, -0.15) is 0 Å². The molecule has 27 heavy (non-hydrogen) atoms. The number of nitrogens with zero attached hydrogens (tertiary/aromatic N) is 3. The second-order valence-electron chi connectivity index (χ2n) is 6.06. The number of hydrogen-bond acceptors (Lipinski definition) is 5. The van der Waals surface area contributed by atoms with Crippen LogP contribution in [0, 0.1) is 0 Å². The van der Waals surface area contributed by atoms with Gasteiger partial charge in [0.05, 0.1) is 29.4 Å². The summed E-state index contributed by atoms with van der Waals surface area (Å²) >= 11 is 0. The molecule has 0 aliphatic carbocycles. The Labute approximate surface area is 157 Å². The number of nitrogens with two attached hydrogens (primary N) is 1. The van der Waals surface area contributed by atoms with Crippen molar-refractivity contribution in [2.45, 2.75) is 6.61 Å². The second-order valence-corrected chi connectivity index (χ2v) is 6.06. The lowest BCUT2D eigenvalue weighted by atomic mass is 10.0. The fourth-order valence-electron chi connectivity index (χ4n) is 2.88. The van der Waals surface area contributed by atoms with Crippen LogP contribution in [0.3, 0.4) is 0 Å². The van der Waals surface area contributed by atoms with Crippen molar-refractivity contribution in [1.82, 2.24) is 15.0 Å². The molecule has 1 aromatic carbocycles. The molecular formula is C22H18N4O. The summed E-state index contributed by atoms with van der Waals surface area (Å²) in [6, 6.07) is 23.8. The maximum absolute atomic E-state index is 5.16. The molecular weight excluding hydrogens is 336 g/mol. The molecule has 0 atom stereocenters. The molecule has 0 saturated heterocycles. The number of rotatable bonds is 5. The Kier molecular flexibility index (Phi) is 4.96. The lowest BCUT2D eigenvalue weighted by Gasteiger charge is -2.10. The van der Waals surface area contributed by atoms with Gasteiger partial charge in [0.15, 0.2) is 0 Å². The molecule has 3 aromatic heterocycles. The van der Waals surface area contributed by atoms with E-state index in [-0.39, 0.29) is 0 Å². The summed E-state index contributed by atoms with van der Waals surface area (Å²) in [5.41, 5.74) is 6.41. The molecule has 2 N–H and O–H groups in total. The van der Waals surface area contributed by atoms with Gasteiger partial charge < -0.3 is 0 Å². The van der Waals surface area contributed by atoms with E-state index in [9.17, 15) is 0 Å². The van der Waals surface area contributed by atoms with Crippen molar-refractivity contribution in [3.63, 3.8) is 0 Å². The van der Waals surface area contributed by atoms with Crippen molar-refractivity contribution >= 4 is 0 Å². The molecule has 3 heterocycles. The van der Waals surface area contributed by atoms with Gasteiger partial charge in [0.2, 0.25) is 0 Å². The van der Waals surface area contributed by atoms with Crippen molar-refractivity contribution in [1.29, 1.82) is 0 Å². The van der Waals surface area contributed by atoms with E-state index >= 15 is 0 Å². The van der Waals surface area contributed by atoms with E-state index in [2.05, 4.69) is 9.97 Å². The van der Waals surface area contributed by atoms with Gasteiger partial charge in [0.1, 0.15) is 0 Å². The van der Waals surface area contributed by atoms with E-state index in [0.717, 1.165) is 39.5 Å². The minimum atomic E-state index is 0.384.